The molecule has 1 aliphatic carbocycles. The van der Waals surface area contributed by atoms with Crippen molar-refractivity contribution >= 4 is 46.4 Å². The van der Waals surface area contributed by atoms with Crippen LogP contribution in [-0.4, -0.2) is 74.3 Å². The third-order valence-electron chi connectivity index (χ3n) is 11.2. The van der Waals surface area contributed by atoms with Gasteiger partial charge in [0, 0.05) is 24.0 Å². The number of H-pyrrole nitrogens is 1. The zero-order chi connectivity index (χ0) is 33.2. The average molecular weight is 637 g/mol. The van der Waals surface area contributed by atoms with Crippen LogP contribution in [0.15, 0.2) is 42.5 Å². The van der Waals surface area contributed by atoms with Crippen molar-refractivity contribution in [1.82, 2.24) is 19.8 Å². The maximum Gasteiger partial charge on any atom is 0.494 e. The smallest absolute Gasteiger partial charge is 0.488 e. The number of aromatic nitrogens is 2. The summed E-state index contributed by atoms with van der Waals surface area (Å²) in [6, 6.07) is 13.9. The standard InChI is InChI=1S/C36H41BN4O6/c1-18(2)31(40(7)34(43)44)33(42)41-27-14-20(27)15-28(41)32-38-26-11-8-19-13-25-23-10-9-22(37-46-35(3,4)36(5,6)47-37)12-21(23)17-45-29(25)16-24(19)30(26)39-32/h8-13,16,18,20,27-28,31H,14-15,17H2,1-7H3,(H,38,39)(H,43,44)/t20?,27?,28?,31-/m0/s1. The molecular formula is C36H41BN4O6. The Hall–Kier alpha value is -4.09. The van der Waals surface area contributed by atoms with Gasteiger partial charge >= 0.3 is 13.2 Å². The molecule has 3 fully saturated rings. The van der Waals surface area contributed by atoms with Crippen LogP contribution in [0.25, 0.3) is 32.9 Å². The van der Waals surface area contributed by atoms with E-state index in [0.29, 0.717) is 12.5 Å². The maximum absolute atomic E-state index is 13.9. The Morgan fingerprint density at radius 3 is 2.49 bits per heavy atom. The zero-order valence-electron chi connectivity index (χ0n) is 28.0. The summed E-state index contributed by atoms with van der Waals surface area (Å²) in [5.41, 5.74) is 5.14. The Morgan fingerprint density at radius 2 is 1.79 bits per heavy atom. The third kappa shape index (κ3) is 4.64. The summed E-state index contributed by atoms with van der Waals surface area (Å²) in [6.07, 6.45) is 0.670. The van der Waals surface area contributed by atoms with Crippen molar-refractivity contribution in [3.05, 3.63) is 53.9 Å². The molecule has 1 aromatic heterocycles. The van der Waals surface area contributed by atoms with Crippen molar-refractivity contribution < 1.29 is 28.7 Å². The second-order valence-electron chi connectivity index (χ2n) is 15.1. The van der Waals surface area contributed by atoms with Crippen molar-refractivity contribution in [2.45, 2.75) is 90.3 Å². The second-order valence-corrected chi connectivity index (χ2v) is 15.1. The fourth-order valence-electron chi connectivity index (χ4n) is 7.80. The molecule has 2 N–H and O–H groups in total. The van der Waals surface area contributed by atoms with E-state index in [9.17, 15) is 14.7 Å². The van der Waals surface area contributed by atoms with Gasteiger partial charge in [-0.15, -0.1) is 0 Å². The number of carboxylic acid groups (broad SMARTS) is 1. The molecular weight excluding hydrogens is 595 g/mol. The number of benzene rings is 3. The summed E-state index contributed by atoms with van der Waals surface area (Å²) in [4.78, 5) is 37.5. The highest BCUT2D eigenvalue weighted by Crippen LogP contribution is 2.54. The van der Waals surface area contributed by atoms with Gasteiger partial charge in [0.05, 0.1) is 28.3 Å². The number of hydrogen-bond acceptors (Lipinski definition) is 6. The van der Waals surface area contributed by atoms with Gasteiger partial charge < -0.3 is 29.0 Å². The molecule has 3 aliphatic heterocycles. The van der Waals surface area contributed by atoms with Crippen LogP contribution in [0.2, 0.25) is 0 Å². The van der Waals surface area contributed by atoms with Crippen molar-refractivity contribution in [3.63, 3.8) is 0 Å². The number of likely N-dealkylation sites (N-methyl/N-ethyl adjacent to an activating group) is 1. The molecule has 244 valence electrons. The van der Waals surface area contributed by atoms with Crippen LogP contribution in [0.3, 0.4) is 0 Å². The molecule has 4 aromatic rings. The Labute approximate surface area is 274 Å². The molecule has 2 amide bonds. The SMILES string of the molecule is CC(C)[C@@H](C(=O)N1C(c2nc3c(ccc4cc5c(cc43)OCc3cc(B4OC(C)(C)C(C)(C)O4)ccc3-5)[nH]2)CC2CC21)N(C)C(=O)O. The zero-order valence-corrected chi connectivity index (χ0v) is 28.0. The van der Waals surface area contributed by atoms with Gasteiger partial charge in [0.1, 0.15) is 24.2 Å². The number of ether oxygens (including phenoxy) is 1. The van der Waals surface area contributed by atoms with E-state index in [2.05, 4.69) is 69.1 Å². The molecule has 1 saturated carbocycles. The fraction of sp³-hybridized carbons (Fsp3) is 0.472. The van der Waals surface area contributed by atoms with Crippen LogP contribution in [0.1, 0.15) is 71.8 Å². The number of amides is 2. The molecule has 8 rings (SSSR count). The van der Waals surface area contributed by atoms with Crippen molar-refractivity contribution in [1.29, 1.82) is 0 Å². The van der Waals surface area contributed by atoms with Gasteiger partial charge in [-0.1, -0.05) is 38.1 Å². The number of rotatable bonds is 5. The van der Waals surface area contributed by atoms with Crippen LogP contribution >= 0.6 is 0 Å². The van der Waals surface area contributed by atoms with Gasteiger partial charge in [0.2, 0.25) is 5.91 Å². The molecule has 47 heavy (non-hydrogen) atoms. The maximum atomic E-state index is 13.9. The van der Waals surface area contributed by atoms with Gasteiger partial charge in [0.15, 0.2) is 0 Å². The number of hydrogen-bond donors (Lipinski definition) is 2. The van der Waals surface area contributed by atoms with E-state index >= 15 is 0 Å². The highest BCUT2D eigenvalue weighted by atomic mass is 16.7. The molecule has 4 heterocycles. The lowest BCUT2D eigenvalue weighted by Crippen LogP contribution is -2.52. The van der Waals surface area contributed by atoms with E-state index in [-0.39, 0.29) is 23.9 Å². The van der Waals surface area contributed by atoms with Crippen molar-refractivity contribution in [2.75, 3.05) is 7.05 Å². The number of likely N-dealkylation sites (tertiary alicyclic amines) is 1. The Kier molecular flexibility index (Phi) is 6.57. The molecule has 4 atom stereocenters. The van der Waals surface area contributed by atoms with Gasteiger partial charge in [0.25, 0.3) is 0 Å². The number of piperidine rings is 1. The molecule has 3 unspecified atom stereocenters. The molecule has 4 aliphatic rings. The summed E-state index contributed by atoms with van der Waals surface area (Å²) in [5.74, 6) is 1.66. The molecule has 2 saturated heterocycles. The number of imidazole rings is 1. The number of nitrogens with zero attached hydrogens (tertiary/aromatic N) is 3. The van der Waals surface area contributed by atoms with Crippen LogP contribution in [-0.2, 0) is 20.7 Å². The summed E-state index contributed by atoms with van der Waals surface area (Å²) < 4.78 is 18.9. The van der Waals surface area contributed by atoms with Gasteiger partial charge in [-0.25, -0.2) is 9.78 Å². The Balaban J connectivity index is 1.12. The average Bonchev–Trinajstić information content (AvgIpc) is 3.35. The lowest BCUT2D eigenvalue weighted by Gasteiger charge is -2.35. The number of nitrogens with one attached hydrogen (secondary N) is 1. The van der Waals surface area contributed by atoms with Crippen molar-refractivity contribution in [2.24, 2.45) is 11.8 Å². The minimum Gasteiger partial charge on any atom is -0.488 e. The number of carbonyl (C=O) groups excluding carboxylic acids is 1. The quantitative estimate of drug-likeness (QED) is 0.263. The van der Waals surface area contributed by atoms with E-state index in [1.165, 1.54) is 7.05 Å². The summed E-state index contributed by atoms with van der Waals surface area (Å²) in [7, 11) is 1.05. The molecule has 11 heteroatoms. The topological polar surface area (TPSA) is 117 Å². The van der Waals surface area contributed by atoms with Crippen LogP contribution in [0.4, 0.5) is 4.79 Å². The number of carbonyl (C=O) groups is 2. The first kappa shape index (κ1) is 30.3. The van der Waals surface area contributed by atoms with E-state index in [1.807, 2.05) is 24.8 Å². The predicted molar refractivity (Wildman–Crippen MR) is 180 cm³/mol. The first-order valence-corrected chi connectivity index (χ1v) is 16.6. The van der Waals surface area contributed by atoms with E-state index in [1.54, 1.807) is 0 Å². The highest BCUT2D eigenvalue weighted by molar-refractivity contribution is 6.62. The van der Waals surface area contributed by atoms with Crippen LogP contribution < -0.4 is 10.2 Å². The molecule has 0 bridgehead atoms. The minimum absolute atomic E-state index is 0.131. The molecule has 0 radical (unpaired) electrons. The first-order valence-electron chi connectivity index (χ1n) is 16.6. The monoisotopic (exact) mass is 636 g/mol. The third-order valence-corrected chi connectivity index (χ3v) is 11.2. The second kappa shape index (κ2) is 10.2. The fourth-order valence-corrected chi connectivity index (χ4v) is 7.80. The molecule has 0 spiro atoms. The van der Waals surface area contributed by atoms with E-state index in [4.69, 9.17) is 19.0 Å². The van der Waals surface area contributed by atoms with E-state index < -0.39 is 30.5 Å². The highest BCUT2D eigenvalue weighted by Gasteiger charge is 2.57. The number of fused-ring (bicyclic) bond motifs is 7. The van der Waals surface area contributed by atoms with Gasteiger partial charge in [-0.05, 0) is 92.5 Å². The van der Waals surface area contributed by atoms with Crippen molar-refractivity contribution in [3.8, 4) is 16.9 Å². The summed E-state index contributed by atoms with van der Waals surface area (Å²) in [6.45, 7) is 12.5. The first-order chi connectivity index (χ1) is 22.2. The summed E-state index contributed by atoms with van der Waals surface area (Å²) in [5, 5.41) is 11.7. The van der Waals surface area contributed by atoms with E-state index in [0.717, 1.165) is 73.3 Å². The number of aromatic amines is 1. The minimum atomic E-state index is -1.10. The molecule has 3 aromatic carbocycles. The van der Waals surface area contributed by atoms with Gasteiger partial charge in [-0.3, -0.25) is 9.69 Å². The van der Waals surface area contributed by atoms with Crippen LogP contribution in [0.5, 0.6) is 5.75 Å². The van der Waals surface area contributed by atoms with Crippen LogP contribution in [0, 0.1) is 11.8 Å². The molecule has 10 nitrogen and oxygen atoms in total. The Bertz CT molecular complexity index is 1950. The normalized spacial score (nSPS) is 24.2. The predicted octanol–water partition coefficient (Wildman–Crippen LogP) is 5.87. The lowest BCUT2D eigenvalue weighted by atomic mass is 9.77. The van der Waals surface area contributed by atoms with Gasteiger partial charge in [-0.2, -0.15) is 0 Å². The Morgan fingerprint density at radius 1 is 1.04 bits per heavy atom. The summed E-state index contributed by atoms with van der Waals surface area (Å²) >= 11 is 0. The lowest BCUT2D eigenvalue weighted by molar-refractivity contribution is -0.139. The largest absolute Gasteiger partial charge is 0.494 e.